The van der Waals surface area contributed by atoms with Gasteiger partial charge in [0.1, 0.15) is 16.5 Å². The van der Waals surface area contributed by atoms with Gasteiger partial charge in [0.15, 0.2) is 0 Å². The summed E-state index contributed by atoms with van der Waals surface area (Å²) in [6.07, 6.45) is 3.32. The van der Waals surface area contributed by atoms with Crippen LogP contribution in [0.2, 0.25) is 10.0 Å². The van der Waals surface area contributed by atoms with E-state index in [4.69, 9.17) is 27.9 Å². The van der Waals surface area contributed by atoms with Crippen LogP contribution in [0, 0.1) is 6.92 Å². The Balaban J connectivity index is 1.70. The predicted octanol–water partition coefficient (Wildman–Crippen LogP) is 4.73. The molecule has 1 aromatic carbocycles. The number of carbonyl (C=O) groups is 1. The van der Waals surface area contributed by atoms with Crippen molar-refractivity contribution in [1.82, 2.24) is 4.98 Å². The number of nitrogens with zero attached hydrogens (tertiary/aromatic N) is 1. The van der Waals surface area contributed by atoms with Gasteiger partial charge in [0, 0.05) is 22.5 Å². The number of hydrogen-bond acceptors (Lipinski definition) is 4. The van der Waals surface area contributed by atoms with E-state index < -0.39 is 0 Å². The third-order valence-electron chi connectivity index (χ3n) is 2.77. The molecule has 0 aliphatic rings. The smallest absolute Gasteiger partial charge is 0.139 e. The largest absolute Gasteiger partial charge is 0.492 e. The summed E-state index contributed by atoms with van der Waals surface area (Å²) in [5, 5.41) is 1.92. The van der Waals surface area contributed by atoms with Gasteiger partial charge in [0.25, 0.3) is 0 Å². The average molecular weight is 344 g/mol. The van der Waals surface area contributed by atoms with Gasteiger partial charge in [-0.15, -0.1) is 11.3 Å². The summed E-state index contributed by atoms with van der Waals surface area (Å²) in [6, 6.07) is 5.08. The molecule has 1 heterocycles. The van der Waals surface area contributed by atoms with Gasteiger partial charge in [-0.05, 0) is 31.5 Å². The van der Waals surface area contributed by atoms with Crippen LogP contribution < -0.4 is 4.74 Å². The number of aryl methyl sites for hydroxylation is 1. The summed E-state index contributed by atoms with van der Waals surface area (Å²) in [4.78, 5) is 17.1. The number of benzene rings is 1. The number of aromatic nitrogens is 1. The number of hydrogen-bond donors (Lipinski definition) is 0. The van der Waals surface area contributed by atoms with E-state index >= 15 is 0 Å². The van der Waals surface area contributed by atoms with Crippen LogP contribution in [0.1, 0.15) is 22.7 Å². The maximum absolute atomic E-state index is 11.8. The molecule has 0 aliphatic carbocycles. The van der Waals surface area contributed by atoms with Crippen molar-refractivity contribution in [3.63, 3.8) is 0 Å². The lowest BCUT2D eigenvalue weighted by Gasteiger charge is -2.07. The van der Waals surface area contributed by atoms with Gasteiger partial charge < -0.3 is 4.74 Å². The first-order valence-corrected chi connectivity index (χ1v) is 8.12. The number of ether oxygens (including phenoxy) is 1. The highest BCUT2D eigenvalue weighted by Gasteiger charge is 2.08. The summed E-state index contributed by atoms with van der Waals surface area (Å²) in [6.45, 7) is 2.43. The zero-order valence-corrected chi connectivity index (χ0v) is 13.9. The van der Waals surface area contributed by atoms with Crippen molar-refractivity contribution in [2.45, 2.75) is 26.2 Å². The molecule has 0 aliphatic heterocycles. The van der Waals surface area contributed by atoms with E-state index in [-0.39, 0.29) is 5.78 Å². The second kappa shape index (κ2) is 7.78. The molecule has 6 heteroatoms. The maximum atomic E-state index is 11.8. The van der Waals surface area contributed by atoms with Gasteiger partial charge in [-0.3, -0.25) is 4.79 Å². The third kappa shape index (κ3) is 5.30. The average Bonchev–Trinajstić information content (AvgIpc) is 2.82. The first-order valence-electron chi connectivity index (χ1n) is 6.55. The summed E-state index contributed by atoms with van der Waals surface area (Å²) >= 11 is 13.4. The molecule has 1 aromatic heterocycles. The first kappa shape index (κ1) is 16.3. The number of halogens is 2. The van der Waals surface area contributed by atoms with Gasteiger partial charge in [0.05, 0.1) is 18.1 Å². The van der Waals surface area contributed by atoms with Gasteiger partial charge in [-0.2, -0.15) is 0 Å². The highest BCUT2D eigenvalue weighted by Crippen LogP contribution is 2.27. The molecule has 0 bridgehead atoms. The fraction of sp³-hybridized carbons (Fsp3) is 0.333. The molecule has 0 fully saturated rings. The minimum atomic E-state index is 0.176. The predicted molar refractivity (Wildman–Crippen MR) is 86.8 cm³/mol. The minimum Gasteiger partial charge on any atom is -0.492 e. The Morgan fingerprint density at radius 1 is 1.38 bits per heavy atom. The molecular weight excluding hydrogens is 329 g/mol. The Morgan fingerprint density at radius 3 is 2.86 bits per heavy atom. The summed E-state index contributed by atoms with van der Waals surface area (Å²) in [5.41, 5.74) is 0. The van der Waals surface area contributed by atoms with E-state index in [2.05, 4.69) is 4.98 Å². The highest BCUT2D eigenvalue weighted by molar-refractivity contribution is 7.11. The highest BCUT2D eigenvalue weighted by atomic mass is 35.5. The SMILES string of the molecule is Cc1cnc(CC(=O)CCCOc2ccc(Cl)cc2Cl)s1. The van der Waals surface area contributed by atoms with Gasteiger partial charge in [-0.25, -0.2) is 4.98 Å². The van der Waals surface area contributed by atoms with Crippen LogP contribution >= 0.6 is 34.5 Å². The topological polar surface area (TPSA) is 39.2 Å². The monoisotopic (exact) mass is 343 g/mol. The van der Waals surface area contributed by atoms with Crippen molar-refractivity contribution in [2.75, 3.05) is 6.61 Å². The molecular formula is C15H15Cl2NO2S. The fourth-order valence-electron chi connectivity index (χ4n) is 1.78. The summed E-state index contributed by atoms with van der Waals surface area (Å²) < 4.78 is 5.54. The van der Waals surface area contributed by atoms with Crippen LogP contribution in [0.25, 0.3) is 0 Å². The molecule has 3 nitrogen and oxygen atoms in total. The molecule has 0 N–H and O–H groups in total. The molecule has 2 rings (SSSR count). The lowest BCUT2D eigenvalue weighted by atomic mass is 10.2. The Hall–Kier alpha value is -1.10. The van der Waals surface area contributed by atoms with E-state index in [0.29, 0.717) is 41.7 Å². The van der Waals surface area contributed by atoms with Crippen LogP contribution in [-0.4, -0.2) is 17.4 Å². The van der Waals surface area contributed by atoms with Crippen LogP contribution in [0.3, 0.4) is 0 Å². The fourth-order valence-corrected chi connectivity index (χ4v) is 3.06. The normalized spacial score (nSPS) is 10.6. The summed E-state index contributed by atoms with van der Waals surface area (Å²) in [5.74, 6) is 0.763. The molecule has 0 atom stereocenters. The van der Waals surface area contributed by atoms with E-state index in [9.17, 15) is 4.79 Å². The standard InChI is InChI=1S/C15H15Cl2NO2S/c1-10-9-18-15(21-10)8-12(19)3-2-6-20-14-5-4-11(16)7-13(14)17/h4-5,7,9H,2-3,6,8H2,1H3. The number of ketones is 1. The molecule has 0 spiro atoms. The molecule has 0 radical (unpaired) electrons. The molecule has 0 saturated carbocycles. The Kier molecular flexibility index (Phi) is 6.03. The van der Waals surface area contributed by atoms with E-state index in [0.717, 1.165) is 9.88 Å². The lowest BCUT2D eigenvalue weighted by molar-refractivity contribution is -0.118. The van der Waals surface area contributed by atoms with E-state index in [1.165, 1.54) is 0 Å². The molecule has 112 valence electrons. The van der Waals surface area contributed by atoms with E-state index in [1.807, 2.05) is 6.92 Å². The zero-order valence-electron chi connectivity index (χ0n) is 11.6. The Bertz CT molecular complexity index is 628. The maximum Gasteiger partial charge on any atom is 0.139 e. The quantitative estimate of drug-likeness (QED) is 0.682. The summed E-state index contributed by atoms with van der Waals surface area (Å²) in [7, 11) is 0. The van der Waals surface area contributed by atoms with Gasteiger partial charge in [-0.1, -0.05) is 23.2 Å². The first-order chi connectivity index (χ1) is 10.0. The van der Waals surface area contributed by atoms with Crippen LogP contribution in [0.4, 0.5) is 0 Å². The van der Waals surface area contributed by atoms with Crippen molar-refractivity contribution in [3.8, 4) is 5.75 Å². The lowest BCUT2D eigenvalue weighted by Crippen LogP contribution is -2.06. The Morgan fingerprint density at radius 2 is 2.19 bits per heavy atom. The van der Waals surface area contributed by atoms with Gasteiger partial charge >= 0.3 is 0 Å². The minimum absolute atomic E-state index is 0.176. The molecule has 0 saturated heterocycles. The van der Waals surface area contributed by atoms with Crippen LogP contribution in [0.15, 0.2) is 24.4 Å². The Labute approximate surface area is 137 Å². The van der Waals surface area contributed by atoms with Crippen LogP contribution in [0.5, 0.6) is 5.75 Å². The van der Waals surface area contributed by atoms with Crippen molar-refractivity contribution < 1.29 is 9.53 Å². The molecule has 0 amide bonds. The van der Waals surface area contributed by atoms with Crippen molar-refractivity contribution in [3.05, 3.63) is 44.3 Å². The number of thiazole rings is 1. The van der Waals surface area contributed by atoms with Crippen molar-refractivity contribution >= 4 is 40.3 Å². The number of carbonyl (C=O) groups excluding carboxylic acids is 1. The van der Waals surface area contributed by atoms with Crippen LogP contribution in [-0.2, 0) is 11.2 Å². The molecule has 2 aromatic rings. The molecule has 0 unspecified atom stereocenters. The second-order valence-electron chi connectivity index (χ2n) is 4.61. The number of Topliss-reactive ketones (excluding diaryl/α,β-unsaturated/α-hetero) is 1. The third-order valence-corrected chi connectivity index (χ3v) is 4.21. The zero-order chi connectivity index (χ0) is 15.2. The second-order valence-corrected chi connectivity index (χ2v) is 6.77. The van der Waals surface area contributed by atoms with Crippen molar-refractivity contribution in [2.24, 2.45) is 0 Å². The van der Waals surface area contributed by atoms with Gasteiger partial charge in [0.2, 0.25) is 0 Å². The van der Waals surface area contributed by atoms with E-state index in [1.54, 1.807) is 35.7 Å². The molecule has 21 heavy (non-hydrogen) atoms. The number of rotatable bonds is 7. The van der Waals surface area contributed by atoms with Crippen molar-refractivity contribution in [1.29, 1.82) is 0 Å².